The summed E-state index contributed by atoms with van der Waals surface area (Å²) in [5.74, 6) is -0.482. The molecule has 2 atom stereocenters. The van der Waals surface area contributed by atoms with Gasteiger partial charge in [-0.25, -0.2) is 18.5 Å². The zero-order valence-electron chi connectivity index (χ0n) is 25.0. The van der Waals surface area contributed by atoms with Crippen LogP contribution in [0.25, 0.3) is 21.3 Å². The van der Waals surface area contributed by atoms with Crippen molar-refractivity contribution in [2.24, 2.45) is 5.14 Å². The number of carbonyl (C=O) groups excluding carboxylic acids is 1. The Bertz CT molecular complexity index is 2090. The number of fused-ring (bicyclic) bond motifs is 1. The van der Waals surface area contributed by atoms with Crippen molar-refractivity contribution in [1.82, 2.24) is 24.8 Å². The van der Waals surface area contributed by atoms with Crippen LogP contribution in [0, 0.1) is 6.92 Å². The SMILES string of the molecule is [CH2]C(Cc1ccccc1)S(=O)(=O)C(c1nnc(CNS(N)(=O)=O)o1)c1nc2ccc(-c3ccc(C(=O)N4CCOCC4)cc3)cc2s1. The van der Waals surface area contributed by atoms with Gasteiger partial charge in [0.25, 0.3) is 16.1 Å². The van der Waals surface area contributed by atoms with Gasteiger partial charge in [0.2, 0.25) is 11.8 Å². The van der Waals surface area contributed by atoms with Crippen LogP contribution in [-0.2, 0) is 37.7 Å². The maximum absolute atomic E-state index is 14.1. The quantitative estimate of drug-likeness (QED) is 0.208. The summed E-state index contributed by atoms with van der Waals surface area (Å²) in [5.41, 5.74) is 3.65. The van der Waals surface area contributed by atoms with Crippen LogP contribution < -0.4 is 9.86 Å². The topological polar surface area (TPSA) is 188 Å². The summed E-state index contributed by atoms with van der Waals surface area (Å²) in [6, 6.07) is 22.0. The third-order valence-electron chi connectivity index (χ3n) is 7.62. The lowest BCUT2D eigenvalue weighted by Crippen LogP contribution is -2.40. The minimum Gasteiger partial charge on any atom is -0.422 e. The highest BCUT2D eigenvalue weighted by Crippen LogP contribution is 2.39. The Balaban J connectivity index is 1.32. The fraction of sp³-hybridized carbons (Fsp3) is 0.258. The molecule has 3 aromatic carbocycles. The van der Waals surface area contributed by atoms with Crippen LogP contribution >= 0.6 is 11.3 Å². The zero-order chi connectivity index (χ0) is 33.2. The molecule has 2 aromatic heterocycles. The van der Waals surface area contributed by atoms with E-state index in [1.165, 1.54) is 0 Å². The van der Waals surface area contributed by atoms with Crippen molar-refractivity contribution < 1.29 is 30.8 Å². The monoisotopic (exact) mass is 695 g/mol. The summed E-state index contributed by atoms with van der Waals surface area (Å²) in [4.78, 5) is 19.3. The Morgan fingerprint density at radius 1 is 0.979 bits per heavy atom. The van der Waals surface area contributed by atoms with Crippen LogP contribution in [0.5, 0.6) is 0 Å². The first-order chi connectivity index (χ1) is 22.5. The molecule has 1 fully saturated rings. The Labute approximate surface area is 275 Å². The smallest absolute Gasteiger partial charge is 0.274 e. The van der Waals surface area contributed by atoms with E-state index in [2.05, 4.69) is 22.1 Å². The molecule has 13 nitrogen and oxygen atoms in total. The molecular formula is C31H31N6O7S3. The van der Waals surface area contributed by atoms with Gasteiger partial charge in [0, 0.05) is 18.7 Å². The number of ether oxygens (including phenoxy) is 1. The van der Waals surface area contributed by atoms with Crippen LogP contribution in [0.3, 0.4) is 0 Å². The summed E-state index contributed by atoms with van der Waals surface area (Å²) >= 11 is 1.16. The lowest BCUT2D eigenvalue weighted by molar-refractivity contribution is 0.0303. The second-order valence-corrected chi connectivity index (χ2v) is 15.7. The standard InChI is InChI=1S/C31H31N6O7S3/c1-20(17-21-5-3-2-4-6-21)46(39,40)28(29-36-35-27(44-29)19-33-47(32,41)42)30-34-25-12-11-24(18-26(25)45-30)22-7-9-23(10-8-22)31(38)37-13-15-43-16-14-37/h2-12,18,20,28,33H,1,13-17,19H2,(H2,32,41,42). The van der Waals surface area contributed by atoms with E-state index in [0.29, 0.717) is 42.1 Å². The largest absolute Gasteiger partial charge is 0.422 e. The molecule has 3 heterocycles. The average molecular weight is 696 g/mol. The van der Waals surface area contributed by atoms with Gasteiger partial charge < -0.3 is 14.1 Å². The molecule has 1 aliphatic rings. The number of nitrogens with two attached hydrogens (primary N) is 1. The van der Waals surface area contributed by atoms with Crippen LogP contribution in [0.1, 0.15) is 38.0 Å². The van der Waals surface area contributed by atoms with Gasteiger partial charge in [0.15, 0.2) is 15.1 Å². The number of carbonyl (C=O) groups is 1. The van der Waals surface area contributed by atoms with Gasteiger partial charge in [-0.1, -0.05) is 48.5 Å². The molecule has 0 spiro atoms. The molecule has 1 saturated heterocycles. The number of aromatic nitrogens is 3. The third kappa shape index (κ3) is 7.58. The van der Waals surface area contributed by atoms with Crippen LogP contribution in [-0.4, -0.2) is 74.4 Å². The van der Waals surface area contributed by atoms with E-state index in [1.807, 2.05) is 59.3 Å². The van der Waals surface area contributed by atoms with Crippen molar-refractivity contribution in [2.45, 2.75) is 23.5 Å². The van der Waals surface area contributed by atoms with Crippen molar-refractivity contribution in [3.8, 4) is 11.1 Å². The molecule has 1 aliphatic heterocycles. The van der Waals surface area contributed by atoms with Crippen molar-refractivity contribution >= 4 is 47.5 Å². The number of amides is 1. The highest BCUT2D eigenvalue weighted by Gasteiger charge is 2.40. The number of rotatable bonds is 11. The summed E-state index contributed by atoms with van der Waals surface area (Å²) < 4.78 is 64.8. The van der Waals surface area contributed by atoms with Gasteiger partial charge >= 0.3 is 0 Å². The van der Waals surface area contributed by atoms with Gasteiger partial charge in [0.05, 0.1) is 35.2 Å². The minimum absolute atomic E-state index is 0.0461. The Morgan fingerprint density at radius 3 is 2.38 bits per heavy atom. The maximum Gasteiger partial charge on any atom is 0.274 e. The Hall–Kier alpha value is -4.06. The van der Waals surface area contributed by atoms with Crippen molar-refractivity contribution in [3.05, 3.63) is 108 Å². The normalized spacial score (nSPS) is 15.5. The number of morpholine rings is 1. The number of hydrogen-bond acceptors (Lipinski definition) is 11. The maximum atomic E-state index is 14.1. The first-order valence-electron chi connectivity index (χ1n) is 14.6. The lowest BCUT2D eigenvalue weighted by Gasteiger charge is -2.26. The summed E-state index contributed by atoms with van der Waals surface area (Å²) in [7, 11) is -8.19. The number of sulfone groups is 1. The average Bonchev–Trinajstić information content (AvgIpc) is 3.71. The van der Waals surface area contributed by atoms with Gasteiger partial charge in [-0.05, 0) is 54.3 Å². The molecular weight excluding hydrogens is 665 g/mol. The molecule has 0 bridgehead atoms. The third-order valence-corrected chi connectivity index (χ3v) is 11.6. The van der Waals surface area contributed by atoms with Crippen LogP contribution in [0.2, 0.25) is 0 Å². The molecule has 16 heteroatoms. The number of benzene rings is 3. The molecule has 2 unspecified atom stereocenters. The Morgan fingerprint density at radius 2 is 1.68 bits per heavy atom. The summed E-state index contributed by atoms with van der Waals surface area (Å²) in [6.07, 6.45) is 0.132. The van der Waals surface area contributed by atoms with Gasteiger partial charge in [-0.2, -0.15) is 13.1 Å². The predicted octanol–water partition coefficient (Wildman–Crippen LogP) is 3.06. The molecule has 3 N–H and O–H groups in total. The van der Waals surface area contributed by atoms with E-state index >= 15 is 0 Å². The first kappa shape index (κ1) is 32.9. The predicted molar refractivity (Wildman–Crippen MR) is 176 cm³/mol. The van der Waals surface area contributed by atoms with E-state index < -0.39 is 37.1 Å². The van der Waals surface area contributed by atoms with E-state index in [9.17, 15) is 21.6 Å². The fourth-order valence-corrected chi connectivity index (χ4v) is 8.54. The van der Waals surface area contributed by atoms with Crippen molar-refractivity contribution in [2.75, 3.05) is 26.3 Å². The molecule has 0 aliphatic carbocycles. The molecule has 47 heavy (non-hydrogen) atoms. The lowest BCUT2D eigenvalue weighted by atomic mass is 10.0. The van der Waals surface area contributed by atoms with Crippen molar-refractivity contribution in [3.63, 3.8) is 0 Å². The van der Waals surface area contributed by atoms with Crippen LogP contribution in [0.4, 0.5) is 0 Å². The number of nitrogens with one attached hydrogen (secondary N) is 1. The molecule has 245 valence electrons. The molecule has 1 radical (unpaired) electrons. The number of nitrogens with zero attached hydrogens (tertiary/aromatic N) is 4. The first-order valence-corrected chi connectivity index (χ1v) is 18.5. The van der Waals surface area contributed by atoms with E-state index in [-0.39, 0.29) is 29.1 Å². The van der Waals surface area contributed by atoms with Gasteiger partial charge in [-0.15, -0.1) is 21.5 Å². The van der Waals surface area contributed by atoms with E-state index in [0.717, 1.165) is 28.0 Å². The second kappa shape index (κ2) is 13.6. The minimum atomic E-state index is -4.13. The fourth-order valence-electron chi connectivity index (χ4n) is 5.17. The molecule has 1 amide bonds. The molecule has 6 rings (SSSR count). The van der Waals surface area contributed by atoms with E-state index in [1.54, 1.807) is 23.1 Å². The zero-order valence-corrected chi connectivity index (χ0v) is 27.4. The van der Waals surface area contributed by atoms with Crippen molar-refractivity contribution in [1.29, 1.82) is 0 Å². The van der Waals surface area contributed by atoms with Gasteiger partial charge in [0.1, 0.15) is 5.01 Å². The molecule has 0 saturated carbocycles. The Kier molecular flexibility index (Phi) is 9.50. The molecule has 5 aromatic rings. The number of thiazole rings is 1. The van der Waals surface area contributed by atoms with Gasteiger partial charge in [-0.3, -0.25) is 4.79 Å². The number of hydrogen-bond donors (Lipinski definition) is 2. The summed E-state index contributed by atoms with van der Waals surface area (Å²) in [5, 5.41) is 10.4. The van der Waals surface area contributed by atoms with E-state index in [4.69, 9.17) is 14.3 Å². The highest BCUT2D eigenvalue weighted by atomic mass is 32.2. The summed E-state index contributed by atoms with van der Waals surface area (Å²) in [6.45, 7) is 5.70. The second-order valence-electron chi connectivity index (χ2n) is 10.9. The highest BCUT2D eigenvalue weighted by molar-refractivity contribution is 7.92. The van der Waals surface area contributed by atoms with Crippen LogP contribution in [0.15, 0.2) is 77.2 Å².